The molecule has 0 atom stereocenters. The van der Waals surface area contributed by atoms with E-state index in [9.17, 15) is 0 Å². The average Bonchev–Trinajstić information content (AvgIpc) is 1.58. The van der Waals surface area contributed by atoms with Gasteiger partial charge in [-0.1, -0.05) is 194 Å². The summed E-state index contributed by atoms with van der Waals surface area (Å²) in [5.74, 6) is 0. The highest BCUT2D eigenvalue weighted by molar-refractivity contribution is 6.12. The van der Waals surface area contributed by atoms with Crippen LogP contribution in [0, 0.1) is 41.5 Å². The number of benzene rings is 12. The van der Waals surface area contributed by atoms with Crippen molar-refractivity contribution in [1.29, 1.82) is 0 Å². The van der Waals surface area contributed by atoms with Crippen molar-refractivity contribution in [2.45, 2.75) is 41.5 Å². The second-order valence-corrected chi connectivity index (χ2v) is 28.0. The number of hydrogen-bond donors (Lipinski definition) is 0. The molecular weight excluding hydrogens is 1290 g/mol. The molecule has 0 saturated heterocycles. The van der Waals surface area contributed by atoms with Gasteiger partial charge in [0.1, 0.15) is 0 Å². The van der Waals surface area contributed by atoms with Crippen molar-refractivity contribution in [2.75, 3.05) is 0 Å². The lowest BCUT2D eigenvalue weighted by atomic mass is 9.99. The first-order chi connectivity index (χ1) is 52.1. The van der Waals surface area contributed by atoms with Crippen LogP contribution < -0.4 is 0 Å². The highest BCUT2D eigenvalue weighted by Crippen LogP contribution is 2.41. The fraction of sp³-hybridized carbons (Fsp3) is 0.0612. The molecule has 8 heterocycles. The molecular formula is C98H72N8. The number of fused-ring (bicyclic) bond motifs is 12. The lowest BCUT2D eigenvalue weighted by Gasteiger charge is -2.16. The van der Waals surface area contributed by atoms with Gasteiger partial charge in [-0.15, -0.1) is 0 Å². The minimum atomic E-state index is 0.841. The standard InChI is InChI=1S/C50H38N4.C48H34N4/c1-31-29-49(53-45-23-9-5-15-35(45)36-16-6-10-24-46(36)53)33(3)27-39(31)41-19-13-21-43(51-41)44-22-14-20-42(52-44)40-28-34(4)50(30-32(40)2)54-47-25-11-7-17-37(47)38-18-8-12-26-48(38)54;1-31-25-27-33(29-47(31)51-43-21-7-3-13-35(43)36-14-4-8-22-44(36)51)39-17-11-19-41(49-39)42-20-12-18-40(50-42)34-28-26-32(2)48(30-34)52-45-23-9-5-15-37(45)38-16-6-10-24-46(38)52/h5-30H,1-4H3;3-30H,1-2H3. The number of rotatable bonds is 10. The highest BCUT2D eigenvalue weighted by atomic mass is 15.0. The van der Waals surface area contributed by atoms with E-state index in [2.05, 4.69) is 387 Å². The third-order valence-corrected chi connectivity index (χ3v) is 21.5. The molecule has 12 aromatic carbocycles. The predicted octanol–water partition coefficient (Wildman–Crippen LogP) is 25.2. The molecule has 0 saturated carbocycles. The van der Waals surface area contributed by atoms with Gasteiger partial charge in [0.25, 0.3) is 0 Å². The van der Waals surface area contributed by atoms with Crippen LogP contribution in [0.15, 0.2) is 328 Å². The minimum Gasteiger partial charge on any atom is -0.309 e. The number of hydrogen-bond acceptors (Lipinski definition) is 4. The summed E-state index contributed by atoms with van der Waals surface area (Å²) in [4.78, 5) is 20.8. The van der Waals surface area contributed by atoms with Crippen LogP contribution in [0.1, 0.15) is 33.4 Å². The van der Waals surface area contributed by atoms with E-state index in [4.69, 9.17) is 19.9 Å². The molecule has 8 heteroatoms. The summed E-state index contributed by atoms with van der Waals surface area (Å²) in [5.41, 5.74) is 33.0. The molecule has 0 bridgehead atoms. The molecule has 0 fully saturated rings. The third kappa shape index (κ3) is 10.7. The molecule has 0 aliphatic rings. The summed E-state index contributed by atoms with van der Waals surface area (Å²) in [6, 6.07) is 117. The van der Waals surface area contributed by atoms with Crippen molar-refractivity contribution < 1.29 is 0 Å². The Balaban J connectivity index is 0.000000145. The van der Waals surface area contributed by atoms with Crippen molar-refractivity contribution in [3.05, 3.63) is 361 Å². The largest absolute Gasteiger partial charge is 0.309 e. The Hall–Kier alpha value is -13.6. The Morgan fingerprint density at radius 1 is 0.170 bits per heavy atom. The summed E-state index contributed by atoms with van der Waals surface area (Å²) < 4.78 is 9.56. The molecule has 0 spiro atoms. The van der Waals surface area contributed by atoms with E-state index in [1.165, 1.54) is 132 Å². The smallest absolute Gasteiger partial charge is 0.0893 e. The van der Waals surface area contributed by atoms with Crippen molar-refractivity contribution >= 4 is 87.2 Å². The Morgan fingerprint density at radius 2 is 0.387 bits per heavy atom. The van der Waals surface area contributed by atoms with Gasteiger partial charge < -0.3 is 18.3 Å². The molecule has 504 valence electrons. The second-order valence-electron chi connectivity index (χ2n) is 28.0. The molecule has 0 amide bonds. The Labute approximate surface area is 614 Å². The van der Waals surface area contributed by atoms with Crippen LogP contribution in [-0.4, -0.2) is 38.2 Å². The van der Waals surface area contributed by atoms with Crippen LogP contribution in [0.4, 0.5) is 0 Å². The lowest BCUT2D eigenvalue weighted by molar-refractivity contribution is 1.14. The first kappa shape index (κ1) is 63.4. The van der Waals surface area contributed by atoms with Crippen molar-refractivity contribution in [3.8, 4) is 90.6 Å². The van der Waals surface area contributed by atoms with Gasteiger partial charge in [-0.2, -0.15) is 0 Å². The lowest BCUT2D eigenvalue weighted by Crippen LogP contribution is -2.00. The van der Waals surface area contributed by atoms with Crippen LogP contribution in [0.2, 0.25) is 0 Å². The average molecular weight is 1360 g/mol. The summed E-state index contributed by atoms with van der Waals surface area (Å²) in [6.07, 6.45) is 0. The summed E-state index contributed by atoms with van der Waals surface area (Å²) >= 11 is 0. The Bertz CT molecular complexity index is 6310. The number of aromatic nitrogens is 8. The zero-order chi connectivity index (χ0) is 71.3. The van der Waals surface area contributed by atoms with Gasteiger partial charge >= 0.3 is 0 Å². The van der Waals surface area contributed by atoms with Crippen LogP contribution >= 0.6 is 0 Å². The zero-order valence-corrected chi connectivity index (χ0v) is 59.8. The van der Waals surface area contributed by atoms with Crippen LogP contribution in [0.5, 0.6) is 0 Å². The van der Waals surface area contributed by atoms with E-state index in [1.807, 2.05) is 0 Å². The molecule has 0 aliphatic carbocycles. The Kier molecular flexibility index (Phi) is 15.4. The summed E-state index contributed by atoms with van der Waals surface area (Å²) in [6.45, 7) is 13.1. The number of pyridine rings is 4. The summed E-state index contributed by atoms with van der Waals surface area (Å²) in [5, 5.41) is 10.1. The maximum Gasteiger partial charge on any atom is 0.0893 e. The molecule has 106 heavy (non-hydrogen) atoms. The molecule has 8 aromatic heterocycles. The van der Waals surface area contributed by atoms with Crippen LogP contribution in [-0.2, 0) is 0 Å². The van der Waals surface area contributed by atoms with E-state index in [0.717, 1.165) is 79.2 Å². The fourth-order valence-corrected chi connectivity index (χ4v) is 16.3. The molecule has 20 rings (SSSR count). The van der Waals surface area contributed by atoms with E-state index in [-0.39, 0.29) is 0 Å². The predicted molar refractivity (Wildman–Crippen MR) is 442 cm³/mol. The molecule has 20 aromatic rings. The normalized spacial score (nSPS) is 11.7. The first-order valence-electron chi connectivity index (χ1n) is 36.4. The van der Waals surface area contributed by atoms with E-state index in [0.29, 0.717) is 0 Å². The van der Waals surface area contributed by atoms with Gasteiger partial charge in [0.2, 0.25) is 0 Å². The van der Waals surface area contributed by atoms with Crippen molar-refractivity contribution in [2.24, 2.45) is 0 Å². The topological polar surface area (TPSA) is 71.3 Å². The number of para-hydroxylation sites is 8. The monoisotopic (exact) mass is 1360 g/mol. The van der Waals surface area contributed by atoms with Crippen LogP contribution in [0.25, 0.3) is 178 Å². The van der Waals surface area contributed by atoms with Gasteiger partial charge in [0, 0.05) is 88.1 Å². The Morgan fingerprint density at radius 3 is 0.651 bits per heavy atom. The van der Waals surface area contributed by atoms with Crippen molar-refractivity contribution in [3.63, 3.8) is 0 Å². The van der Waals surface area contributed by atoms with E-state index < -0.39 is 0 Å². The first-order valence-corrected chi connectivity index (χ1v) is 36.4. The highest BCUT2D eigenvalue weighted by Gasteiger charge is 2.22. The summed E-state index contributed by atoms with van der Waals surface area (Å²) in [7, 11) is 0. The quantitative estimate of drug-likeness (QED) is 0.137. The van der Waals surface area contributed by atoms with Crippen LogP contribution in [0.3, 0.4) is 0 Å². The second kappa shape index (κ2) is 25.7. The fourth-order valence-electron chi connectivity index (χ4n) is 16.3. The van der Waals surface area contributed by atoms with Gasteiger partial charge in [-0.05, 0) is 208 Å². The molecule has 0 unspecified atom stereocenters. The van der Waals surface area contributed by atoms with E-state index in [1.54, 1.807) is 0 Å². The van der Waals surface area contributed by atoms with Gasteiger partial charge in [-0.3, -0.25) is 0 Å². The molecule has 0 aliphatic heterocycles. The van der Waals surface area contributed by atoms with Gasteiger partial charge in [0.05, 0.1) is 89.7 Å². The van der Waals surface area contributed by atoms with Gasteiger partial charge in [-0.25, -0.2) is 19.9 Å². The SMILES string of the molecule is Cc1cc(-n2c3ccccc3c3ccccc32)c(C)cc1-c1cccc(-c2cccc(-c3cc(C)c(-n4c5ccccc5c5ccccc54)cc3C)n2)n1.Cc1ccc(-c2cccc(-c3cccc(-c4ccc(C)c(-n5c6ccccc6c6ccccc65)c4)n3)n2)cc1-n1c2ccccc2c2ccccc21. The number of aryl methyl sites for hydroxylation is 6. The third-order valence-electron chi connectivity index (χ3n) is 21.5. The maximum absolute atomic E-state index is 5.22. The van der Waals surface area contributed by atoms with E-state index >= 15 is 0 Å². The zero-order valence-electron chi connectivity index (χ0n) is 59.8. The molecule has 8 nitrogen and oxygen atoms in total. The number of nitrogens with zero attached hydrogens (tertiary/aromatic N) is 8. The molecule has 0 radical (unpaired) electrons. The maximum atomic E-state index is 5.22. The molecule has 0 N–H and O–H groups in total. The minimum absolute atomic E-state index is 0.841. The van der Waals surface area contributed by atoms with Crippen molar-refractivity contribution in [1.82, 2.24) is 38.2 Å². The van der Waals surface area contributed by atoms with Gasteiger partial charge in [0.15, 0.2) is 0 Å².